The Morgan fingerprint density at radius 2 is 1.81 bits per heavy atom. The minimum Gasteiger partial charge on any atom is -0.478 e. The smallest absolute Gasteiger partial charge is 0.337 e. The molecular weight excluding hydrogens is 360 g/mol. The Hall–Kier alpha value is -2.86. The monoisotopic (exact) mass is 380 g/mol. The van der Waals surface area contributed by atoms with E-state index in [-0.39, 0.29) is 11.5 Å². The molecule has 2 aromatic carbocycles. The van der Waals surface area contributed by atoms with E-state index in [0.717, 1.165) is 16.7 Å². The third-order valence-electron chi connectivity index (χ3n) is 4.65. The van der Waals surface area contributed by atoms with Crippen molar-refractivity contribution in [3.8, 4) is 0 Å². The molecule has 0 saturated carbocycles. The number of para-hydroxylation sites is 1. The Balaban J connectivity index is 1.94. The molecule has 1 N–H and O–H groups in total. The van der Waals surface area contributed by atoms with Gasteiger partial charge < -0.3 is 10.0 Å². The summed E-state index contributed by atoms with van der Waals surface area (Å²) >= 11 is 1.27. The van der Waals surface area contributed by atoms with Crippen LogP contribution in [0.3, 0.4) is 0 Å². The van der Waals surface area contributed by atoms with Gasteiger partial charge in [0, 0.05) is 7.05 Å². The fraction of sp³-hybridized carbons (Fsp3) is 0.190. The fourth-order valence-corrected chi connectivity index (χ4v) is 3.78. The first-order valence-corrected chi connectivity index (χ1v) is 9.26. The number of carbonyl (C=O) groups is 2. The molecule has 0 spiro atoms. The van der Waals surface area contributed by atoms with E-state index in [0.29, 0.717) is 15.8 Å². The van der Waals surface area contributed by atoms with Crippen molar-refractivity contribution < 1.29 is 14.7 Å². The lowest BCUT2D eigenvalue weighted by Gasteiger charge is -2.19. The van der Waals surface area contributed by atoms with Gasteiger partial charge in [0.15, 0.2) is 5.17 Å². The zero-order valence-electron chi connectivity index (χ0n) is 15.6. The number of benzene rings is 2. The Bertz CT molecular complexity index is 1010. The topological polar surface area (TPSA) is 70.0 Å². The number of aliphatic imine (C=N–C) groups is 1. The second kappa shape index (κ2) is 7.40. The van der Waals surface area contributed by atoms with Crippen LogP contribution in [0.5, 0.6) is 0 Å². The number of aryl methyl sites for hydroxylation is 2. The van der Waals surface area contributed by atoms with Gasteiger partial charge >= 0.3 is 5.97 Å². The molecule has 6 heteroatoms. The number of amidine groups is 1. The van der Waals surface area contributed by atoms with Crippen molar-refractivity contribution in [2.75, 3.05) is 11.9 Å². The highest BCUT2D eigenvalue weighted by Gasteiger charge is 2.28. The number of carbonyl (C=O) groups excluding carboxylic acids is 1. The van der Waals surface area contributed by atoms with E-state index in [4.69, 9.17) is 0 Å². The predicted molar refractivity (Wildman–Crippen MR) is 110 cm³/mol. The minimum absolute atomic E-state index is 0.166. The molecule has 3 rings (SSSR count). The van der Waals surface area contributed by atoms with E-state index in [1.807, 2.05) is 32.9 Å². The quantitative estimate of drug-likeness (QED) is 0.794. The molecule has 1 amide bonds. The lowest BCUT2D eigenvalue weighted by Crippen LogP contribution is -2.24. The first-order chi connectivity index (χ1) is 12.8. The minimum atomic E-state index is -1.02. The molecule has 1 aliphatic heterocycles. The molecule has 0 fully saturated rings. The van der Waals surface area contributed by atoms with Gasteiger partial charge in [-0.15, -0.1) is 0 Å². The molecule has 0 atom stereocenters. The first-order valence-electron chi connectivity index (χ1n) is 8.45. The van der Waals surface area contributed by atoms with Crippen LogP contribution in [0.25, 0.3) is 5.57 Å². The number of carboxylic acids is 1. The predicted octanol–water partition coefficient (Wildman–Crippen LogP) is 4.50. The second-order valence-electron chi connectivity index (χ2n) is 6.44. The molecule has 138 valence electrons. The van der Waals surface area contributed by atoms with Crippen molar-refractivity contribution in [3.05, 3.63) is 69.6 Å². The van der Waals surface area contributed by atoms with Crippen molar-refractivity contribution in [1.82, 2.24) is 0 Å². The highest BCUT2D eigenvalue weighted by molar-refractivity contribution is 8.18. The Morgan fingerprint density at radius 3 is 2.48 bits per heavy atom. The number of amides is 1. The second-order valence-corrected chi connectivity index (χ2v) is 7.41. The third-order valence-corrected chi connectivity index (χ3v) is 5.88. The SMILES string of the molecule is C/C(=C1/SC(N(C)c2ccccc2C(=O)O)=NC1=O)c1ccc(C)c(C)c1. The van der Waals surface area contributed by atoms with Crippen LogP contribution < -0.4 is 4.90 Å². The molecule has 0 radical (unpaired) electrons. The van der Waals surface area contributed by atoms with Crippen LogP contribution in [0.1, 0.15) is 34.0 Å². The summed E-state index contributed by atoms with van der Waals surface area (Å²) in [5.74, 6) is -1.32. The lowest BCUT2D eigenvalue weighted by molar-refractivity contribution is -0.113. The maximum atomic E-state index is 12.5. The summed E-state index contributed by atoms with van der Waals surface area (Å²) in [6.45, 7) is 6.00. The van der Waals surface area contributed by atoms with Crippen molar-refractivity contribution >= 4 is 40.1 Å². The highest BCUT2D eigenvalue weighted by Crippen LogP contribution is 2.36. The van der Waals surface area contributed by atoms with E-state index in [9.17, 15) is 14.7 Å². The van der Waals surface area contributed by atoms with E-state index in [2.05, 4.69) is 11.1 Å². The van der Waals surface area contributed by atoms with Crippen LogP contribution in [0.2, 0.25) is 0 Å². The fourth-order valence-electron chi connectivity index (χ4n) is 2.83. The van der Waals surface area contributed by atoms with Crippen molar-refractivity contribution in [1.29, 1.82) is 0 Å². The number of allylic oxidation sites excluding steroid dienone is 1. The molecular formula is C21H20N2O3S. The summed E-state index contributed by atoms with van der Waals surface area (Å²) in [5.41, 5.74) is 4.87. The average Bonchev–Trinajstić information content (AvgIpc) is 3.04. The van der Waals surface area contributed by atoms with Crippen LogP contribution in [0.4, 0.5) is 5.69 Å². The van der Waals surface area contributed by atoms with Crippen LogP contribution in [0, 0.1) is 13.8 Å². The van der Waals surface area contributed by atoms with Crippen molar-refractivity contribution in [2.24, 2.45) is 4.99 Å². The van der Waals surface area contributed by atoms with Gasteiger partial charge in [0.1, 0.15) is 0 Å². The number of nitrogens with zero attached hydrogens (tertiary/aromatic N) is 2. The number of rotatable bonds is 3. The summed E-state index contributed by atoms with van der Waals surface area (Å²) in [7, 11) is 1.72. The molecule has 0 saturated heterocycles. The molecule has 2 aromatic rings. The average molecular weight is 380 g/mol. The van der Waals surface area contributed by atoms with Gasteiger partial charge in [-0.25, -0.2) is 4.79 Å². The van der Waals surface area contributed by atoms with Gasteiger partial charge in [-0.05, 0) is 66.9 Å². The normalized spacial score (nSPS) is 15.6. The molecule has 0 aliphatic carbocycles. The Labute approximate surface area is 162 Å². The van der Waals surface area contributed by atoms with Gasteiger partial charge in [-0.3, -0.25) is 4.79 Å². The third kappa shape index (κ3) is 3.66. The molecule has 0 aromatic heterocycles. The molecule has 0 unspecified atom stereocenters. The number of carboxylic acid groups (broad SMARTS) is 1. The summed E-state index contributed by atoms with van der Waals surface area (Å²) < 4.78 is 0. The molecule has 1 aliphatic rings. The van der Waals surface area contributed by atoms with Crippen molar-refractivity contribution in [3.63, 3.8) is 0 Å². The summed E-state index contributed by atoms with van der Waals surface area (Å²) in [6.07, 6.45) is 0. The van der Waals surface area contributed by atoms with Crippen LogP contribution in [0.15, 0.2) is 52.4 Å². The van der Waals surface area contributed by atoms with E-state index < -0.39 is 5.97 Å². The molecule has 5 nitrogen and oxygen atoms in total. The maximum Gasteiger partial charge on any atom is 0.337 e. The zero-order valence-corrected chi connectivity index (χ0v) is 16.4. The standard InChI is InChI=1S/C21H20N2O3S/c1-12-9-10-15(11-13(12)2)14(3)18-19(24)22-21(27-18)23(4)17-8-6-5-7-16(17)20(25)26/h5-11H,1-4H3,(H,25,26)/b18-14-. The summed E-state index contributed by atoms with van der Waals surface area (Å²) in [4.78, 5) is 30.3. The number of aromatic carboxylic acids is 1. The summed E-state index contributed by atoms with van der Waals surface area (Å²) in [5, 5.41) is 9.86. The van der Waals surface area contributed by atoms with Gasteiger partial charge in [0.2, 0.25) is 0 Å². The number of thioether (sulfide) groups is 1. The summed E-state index contributed by atoms with van der Waals surface area (Å²) in [6, 6.07) is 12.8. The number of hydrogen-bond donors (Lipinski definition) is 1. The first kappa shape index (κ1) is 18.9. The molecule has 1 heterocycles. The molecule has 27 heavy (non-hydrogen) atoms. The van der Waals surface area contributed by atoms with Crippen LogP contribution in [-0.4, -0.2) is 29.2 Å². The molecule has 0 bridgehead atoms. The van der Waals surface area contributed by atoms with Gasteiger partial charge in [0.05, 0.1) is 16.2 Å². The van der Waals surface area contributed by atoms with Crippen LogP contribution >= 0.6 is 11.8 Å². The zero-order chi connectivity index (χ0) is 19.7. The van der Waals surface area contributed by atoms with Gasteiger partial charge in [-0.2, -0.15) is 4.99 Å². The van der Waals surface area contributed by atoms with Crippen molar-refractivity contribution in [2.45, 2.75) is 20.8 Å². The lowest BCUT2D eigenvalue weighted by atomic mass is 10.0. The number of anilines is 1. The maximum absolute atomic E-state index is 12.5. The Kier molecular flexibility index (Phi) is 5.19. The number of hydrogen-bond acceptors (Lipinski definition) is 4. The Morgan fingerprint density at radius 1 is 1.11 bits per heavy atom. The largest absolute Gasteiger partial charge is 0.478 e. The van der Waals surface area contributed by atoms with Gasteiger partial charge in [-0.1, -0.05) is 30.3 Å². The van der Waals surface area contributed by atoms with Crippen LogP contribution in [-0.2, 0) is 4.79 Å². The van der Waals surface area contributed by atoms with E-state index in [1.165, 1.54) is 23.4 Å². The highest BCUT2D eigenvalue weighted by atomic mass is 32.2. The van der Waals surface area contributed by atoms with E-state index in [1.54, 1.807) is 30.1 Å². The van der Waals surface area contributed by atoms with Gasteiger partial charge in [0.25, 0.3) is 5.91 Å². The van der Waals surface area contributed by atoms with E-state index >= 15 is 0 Å².